The molecule has 184 valence electrons. The fraction of sp³-hybridized carbons (Fsp3) is 0.360. The average molecular weight is 513 g/mol. The number of amides is 1. The van der Waals surface area contributed by atoms with Crippen LogP contribution in [0.3, 0.4) is 0 Å². The monoisotopic (exact) mass is 512 g/mol. The summed E-state index contributed by atoms with van der Waals surface area (Å²) < 4.78 is 12.4. The third-order valence-electron chi connectivity index (χ3n) is 5.60. The summed E-state index contributed by atoms with van der Waals surface area (Å²) in [5.74, 6) is 0.989. The Morgan fingerprint density at radius 1 is 1.23 bits per heavy atom. The number of hydrogen-bond donors (Lipinski definition) is 1. The Labute approximate surface area is 212 Å². The van der Waals surface area contributed by atoms with E-state index in [2.05, 4.69) is 22.1 Å². The molecule has 1 N–H and O–H groups in total. The zero-order chi connectivity index (χ0) is 24.8. The molecular weight excluding hydrogens is 484 g/mol. The van der Waals surface area contributed by atoms with E-state index < -0.39 is 5.97 Å². The number of aryl methyl sites for hydroxylation is 1. The lowest BCUT2D eigenvalue weighted by Crippen LogP contribution is -2.17. The normalized spacial score (nSPS) is 12.6. The highest BCUT2D eigenvalue weighted by Gasteiger charge is 2.27. The number of thiophene rings is 1. The fourth-order valence-corrected chi connectivity index (χ4v) is 6.08. The van der Waals surface area contributed by atoms with Gasteiger partial charge in [0.15, 0.2) is 11.0 Å². The Hall–Kier alpha value is -3.11. The number of esters is 1. The number of aromatic nitrogens is 3. The molecule has 2 aromatic heterocycles. The van der Waals surface area contributed by atoms with Crippen molar-refractivity contribution in [3.8, 4) is 17.1 Å². The highest BCUT2D eigenvalue weighted by molar-refractivity contribution is 7.99. The van der Waals surface area contributed by atoms with Crippen molar-refractivity contribution in [1.82, 2.24) is 14.8 Å². The molecule has 0 unspecified atom stereocenters. The van der Waals surface area contributed by atoms with Crippen LogP contribution in [0.2, 0.25) is 0 Å². The maximum Gasteiger partial charge on any atom is 0.341 e. The quantitative estimate of drug-likeness (QED) is 0.232. The van der Waals surface area contributed by atoms with E-state index >= 15 is 0 Å². The zero-order valence-electron chi connectivity index (χ0n) is 19.8. The van der Waals surface area contributed by atoms with Gasteiger partial charge in [0.25, 0.3) is 0 Å². The lowest BCUT2D eigenvalue weighted by atomic mass is 9.95. The zero-order valence-corrected chi connectivity index (χ0v) is 21.5. The number of benzene rings is 1. The van der Waals surface area contributed by atoms with Crippen LogP contribution in [0.5, 0.6) is 5.75 Å². The average Bonchev–Trinajstić information content (AvgIpc) is 3.44. The molecule has 3 aromatic rings. The maximum atomic E-state index is 12.8. The summed E-state index contributed by atoms with van der Waals surface area (Å²) in [5, 5.41) is 12.8. The summed E-state index contributed by atoms with van der Waals surface area (Å²) >= 11 is 2.76. The molecule has 10 heteroatoms. The largest absolute Gasteiger partial charge is 0.494 e. The summed E-state index contributed by atoms with van der Waals surface area (Å²) in [4.78, 5) is 26.4. The van der Waals surface area contributed by atoms with Crippen LogP contribution in [0.25, 0.3) is 11.4 Å². The van der Waals surface area contributed by atoms with E-state index in [0.29, 0.717) is 34.7 Å². The molecule has 0 fully saturated rings. The molecule has 1 aliphatic rings. The van der Waals surface area contributed by atoms with Crippen molar-refractivity contribution in [3.63, 3.8) is 0 Å². The van der Waals surface area contributed by atoms with Crippen LogP contribution < -0.4 is 10.1 Å². The minimum Gasteiger partial charge on any atom is -0.494 e. The number of carbonyl (C=O) groups excluding carboxylic acids is 2. The molecule has 2 heterocycles. The molecule has 1 amide bonds. The Morgan fingerprint density at radius 3 is 2.71 bits per heavy atom. The smallest absolute Gasteiger partial charge is 0.341 e. The van der Waals surface area contributed by atoms with Crippen LogP contribution in [-0.2, 0) is 28.9 Å². The number of anilines is 1. The Bertz CT molecular complexity index is 1220. The number of nitrogens with one attached hydrogen (secondary N) is 1. The van der Waals surface area contributed by atoms with E-state index in [0.717, 1.165) is 47.4 Å². The molecule has 1 aromatic carbocycles. The summed E-state index contributed by atoms with van der Waals surface area (Å²) in [6.45, 7) is 6.89. The fourth-order valence-electron chi connectivity index (χ4n) is 4.03. The molecule has 0 saturated carbocycles. The number of ether oxygens (including phenoxy) is 2. The SMILES string of the molecule is C=CCn1c(SCC(=O)Nc2sc3c(c2C(=O)OC)CCCC3)nnc1-c1ccc(OCC)cc1. The second-order valence-corrected chi connectivity index (χ2v) is 9.95. The highest BCUT2D eigenvalue weighted by Crippen LogP contribution is 2.38. The van der Waals surface area contributed by atoms with Gasteiger partial charge in [0, 0.05) is 17.0 Å². The predicted molar refractivity (Wildman–Crippen MR) is 138 cm³/mol. The highest BCUT2D eigenvalue weighted by atomic mass is 32.2. The topological polar surface area (TPSA) is 95.3 Å². The molecular formula is C25H28N4O4S2. The van der Waals surface area contributed by atoms with Gasteiger partial charge in [0.05, 0.1) is 25.0 Å². The van der Waals surface area contributed by atoms with Gasteiger partial charge in [-0.1, -0.05) is 17.8 Å². The lowest BCUT2D eigenvalue weighted by Gasteiger charge is -2.11. The first-order valence-electron chi connectivity index (χ1n) is 11.5. The van der Waals surface area contributed by atoms with E-state index in [1.54, 1.807) is 6.08 Å². The summed E-state index contributed by atoms with van der Waals surface area (Å²) in [5.41, 5.74) is 2.41. The summed E-state index contributed by atoms with van der Waals surface area (Å²) in [6, 6.07) is 7.66. The van der Waals surface area contributed by atoms with Crippen molar-refractivity contribution in [2.24, 2.45) is 0 Å². The van der Waals surface area contributed by atoms with Crippen LogP contribution in [0.4, 0.5) is 5.00 Å². The van der Waals surface area contributed by atoms with Crippen LogP contribution >= 0.6 is 23.1 Å². The van der Waals surface area contributed by atoms with Crippen LogP contribution in [0, 0.1) is 0 Å². The van der Waals surface area contributed by atoms with Gasteiger partial charge in [-0.2, -0.15) is 0 Å². The third kappa shape index (κ3) is 5.59. The molecule has 0 radical (unpaired) electrons. The second-order valence-electron chi connectivity index (χ2n) is 7.91. The van der Waals surface area contributed by atoms with Gasteiger partial charge in [-0.3, -0.25) is 9.36 Å². The van der Waals surface area contributed by atoms with Crippen LogP contribution in [-0.4, -0.2) is 46.1 Å². The molecule has 0 atom stereocenters. The second kappa shape index (κ2) is 11.5. The first kappa shape index (κ1) is 25.0. The van der Waals surface area contributed by atoms with Crippen molar-refractivity contribution < 1.29 is 19.1 Å². The van der Waals surface area contributed by atoms with Gasteiger partial charge in [0.1, 0.15) is 10.8 Å². The van der Waals surface area contributed by atoms with Gasteiger partial charge in [-0.05, 0) is 62.4 Å². The van der Waals surface area contributed by atoms with Crippen molar-refractivity contribution in [2.45, 2.75) is 44.3 Å². The number of allylic oxidation sites excluding steroid dienone is 1. The number of fused-ring (bicyclic) bond motifs is 1. The Balaban J connectivity index is 1.48. The molecule has 0 aliphatic heterocycles. The van der Waals surface area contributed by atoms with E-state index in [1.165, 1.54) is 30.2 Å². The minimum absolute atomic E-state index is 0.127. The van der Waals surface area contributed by atoms with Crippen LogP contribution in [0.15, 0.2) is 42.1 Å². The van der Waals surface area contributed by atoms with Gasteiger partial charge >= 0.3 is 5.97 Å². The first-order chi connectivity index (χ1) is 17.0. The molecule has 0 spiro atoms. The minimum atomic E-state index is -0.405. The molecule has 8 nitrogen and oxygen atoms in total. The van der Waals surface area contributed by atoms with Gasteiger partial charge < -0.3 is 14.8 Å². The van der Waals surface area contributed by atoms with Crippen molar-refractivity contribution in [3.05, 3.63) is 52.9 Å². The molecule has 0 saturated heterocycles. The molecule has 4 rings (SSSR count). The summed E-state index contributed by atoms with van der Waals surface area (Å²) in [7, 11) is 1.37. The molecule has 0 bridgehead atoms. The molecule has 35 heavy (non-hydrogen) atoms. The van der Waals surface area contributed by atoms with E-state index in [-0.39, 0.29) is 11.7 Å². The number of thioether (sulfide) groups is 1. The van der Waals surface area contributed by atoms with Gasteiger partial charge in [0.2, 0.25) is 5.91 Å². The van der Waals surface area contributed by atoms with Gasteiger partial charge in [-0.15, -0.1) is 28.1 Å². The van der Waals surface area contributed by atoms with E-state index in [9.17, 15) is 9.59 Å². The lowest BCUT2D eigenvalue weighted by molar-refractivity contribution is -0.113. The predicted octanol–water partition coefficient (Wildman–Crippen LogP) is 4.99. The third-order valence-corrected chi connectivity index (χ3v) is 7.77. The number of methoxy groups -OCH3 is 1. The number of carbonyl (C=O) groups is 2. The van der Waals surface area contributed by atoms with E-state index in [4.69, 9.17) is 9.47 Å². The number of nitrogens with zero attached hydrogens (tertiary/aromatic N) is 3. The van der Waals surface area contributed by atoms with Crippen molar-refractivity contribution in [1.29, 1.82) is 0 Å². The Kier molecular flexibility index (Phi) is 8.25. The van der Waals surface area contributed by atoms with E-state index in [1.807, 2.05) is 35.8 Å². The van der Waals surface area contributed by atoms with Crippen LogP contribution in [0.1, 0.15) is 40.6 Å². The maximum absolute atomic E-state index is 12.8. The number of hydrogen-bond acceptors (Lipinski definition) is 8. The number of rotatable bonds is 10. The van der Waals surface area contributed by atoms with Crippen molar-refractivity contribution in [2.75, 3.05) is 24.8 Å². The Morgan fingerprint density at radius 2 is 2.00 bits per heavy atom. The first-order valence-corrected chi connectivity index (χ1v) is 13.3. The van der Waals surface area contributed by atoms with Gasteiger partial charge in [-0.25, -0.2) is 4.79 Å². The standard InChI is InChI=1S/C25H28N4O4S2/c1-4-14-29-22(16-10-12-17(13-11-16)33-5-2)27-28-25(29)34-15-20(30)26-23-21(24(31)32-3)18-8-6-7-9-19(18)35-23/h4,10-13H,1,5-9,14-15H2,2-3H3,(H,26,30). The summed E-state index contributed by atoms with van der Waals surface area (Å²) in [6.07, 6.45) is 5.65. The van der Waals surface area contributed by atoms with Crippen molar-refractivity contribution >= 4 is 40.0 Å². The molecule has 1 aliphatic carbocycles.